The number of halogens is 1. The first-order chi connectivity index (χ1) is 10.3. The number of hydrogen-bond acceptors (Lipinski definition) is 1. The third kappa shape index (κ3) is 22.7. The van der Waals surface area contributed by atoms with Crippen molar-refractivity contribution in [3.63, 3.8) is 0 Å². The van der Waals surface area contributed by atoms with Gasteiger partial charge in [0.25, 0.3) is 0 Å². The van der Waals surface area contributed by atoms with E-state index < -0.39 is 0 Å². The fourth-order valence-corrected chi connectivity index (χ4v) is 2.98. The molecule has 0 heterocycles. The molecule has 0 aliphatic carbocycles. The molecule has 0 bridgehead atoms. The Kier molecular flexibility index (Phi) is 24.1. The highest BCUT2D eigenvalue weighted by Gasteiger charge is 1.95. The van der Waals surface area contributed by atoms with E-state index in [1.54, 1.807) is 0 Å². The Morgan fingerprint density at radius 2 is 0.727 bits per heavy atom. The molecule has 0 saturated heterocycles. The van der Waals surface area contributed by atoms with Crippen LogP contribution in [0.4, 0.5) is 0 Å². The van der Waals surface area contributed by atoms with Gasteiger partial charge in [0.15, 0.2) is 0 Å². The average molecular weight is 378 g/mol. The topological polar surface area (TPSA) is 3.24 Å². The van der Waals surface area contributed by atoms with Crippen molar-refractivity contribution in [2.75, 3.05) is 20.6 Å². The zero-order valence-corrected chi connectivity index (χ0v) is 17.6. The molecule has 0 unspecified atom stereocenters. The molecule has 0 aromatic heterocycles. The first-order valence-electron chi connectivity index (χ1n) is 9.92. The second-order valence-corrected chi connectivity index (χ2v) is 7.11. The maximum atomic E-state index is 2.30. The highest BCUT2D eigenvalue weighted by atomic mass is 79.9. The van der Waals surface area contributed by atoms with Crippen molar-refractivity contribution in [2.45, 2.75) is 110 Å². The third-order valence-corrected chi connectivity index (χ3v) is 4.46. The molecule has 0 aliphatic rings. The van der Waals surface area contributed by atoms with E-state index in [-0.39, 0.29) is 17.0 Å². The first-order valence-corrected chi connectivity index (χ1v) is 9.92. The van der Waals surface area contributed by atoms with E-state index in [9.17, 15) is 0 Å². The summed E-state index contributed by atoms with van der Waals surface area (Å²) in [6, 6.07) is 0. The maximum absolute atomic E-state index is 2.30. The Hall–Kier alpha value is 0.440. The zero-order chi connectivity index (χ0) is 15.6. The Balaban J connectivity index is 0. The lowest BCUT2D eigenvalue weighted by Crippen LogP contribution is -2.12. The molecular weight excluding hydrogens is 334 g/mol. The van der Waals surface area contributed by atoms with Crippen LogP contribution in [0.15, 0.2) is 0 Å². The van der Waals surface area contributed by atoms with Crippen LogP contribution in [0.1, 0.15) is 110 Å². The zero-order valence-electron chi connectivity index (χ0n) is 15.9. The highest BCUT2D eigenvalue weighted by Crippen LogP contribution is 2.13. The molecule has 0 atom stereocenters. The lowest BCUT2D eigenvalue weighted by atomic mass is 10.0. The SMILES string of the molecule is Br.CCCCCCCCCCCCCCCCCCN(C)C. The molecular formula is C20H44BrN. The van der Waals surface area contributed by atoms with Crippen LogP contribution in [0, 0.1) is 0 Å². The second kappa shape index (κ2) is 21.4. The summed E-state index contributed by atoms with van der Waals surface area (Å²) in [6.07, 6.45) is 23.3. The molecule has 136 valence electrons. The largest absolute Gasteiger partial charge is 0.309 e. The molecule has 0 radical (unpaired) electrons. The third-order valence-electron chi connectivity index (χ3n) is 4.46. The summed E-state index contributed by atoms with van der Waals surface area (Å²) in [4.78, 5) is 2.30. The van der Waals surface area contributed by atoms with E-state index >= 15 is 0 Å². The van der Waals surface area contributed by atoms with Crippen LogP contribution < -0.4 is 0 Å². The normalized spacial score (nSPS) is 10.9. The molecule has 0 aromatic carbocycles. The Labute approximate surface area is 152 Å². The van der Waals surface area contributed by atoms with E-state index in [0.717, 1.165) is 0 Å². The molecule has 22 heavy (non-hydrogen) atoms. The molecule has 0 rings (SSSR count). The van der Waals surface area contributed by atoms with Gasteiger partial charge in [0, 0.05) is 0 Å². The van der Waals surface area contributed by atoms with Crippen LogP contribution in [0.25, 0.3) is 0 Å². The van der Waals surface area contributed by atoms with Crippen molar-refractivity contribution in [1.29, 1.82) is 0 Å². The van der Waals surface area contributed by atoms with E-state index in [2.05, 4.69) is 25.9 Å². The number of unbranched alkanes of at least 4 members (excludes halogenated alkanes) is 15. The predicted octanol–water partition coefficient (Wildman–Crippen LogP) is 7.39. The average Bonchev–Trinajstić information content (AvgIpc) is 2.46. The van der Waals surface area contributed by atoms with Crippen LogP contribution in [-0.2, 0) is 0 Å². The Morgan fingerprint density at radius 3 is 1.00 bits per heavy atom. The summed E-state index contributed by atoms with van der Waals surface area (Å²) >= 11 is 0. The lowest BCUT2D eigenvalue weighted by molar-refractivity contribution is 0.389. The van der Waals surface area contributed by atoms with Crippen molar-refractivity contribution in [3.8, 4) is 0 Å². The van der Waals surface area contributed by atoms with Gasteiger partial charge in [-0.3, -0.25) is 0 Å². The van der Waals surface area contributed by atoms with Gasteiger partial charge in [-0.05, 0) is 27.1 Å². The van der Waals surface area contributed by atoms with Gasteiger partial charge in [-0.1, -0.05) is 103 Å². The molecule has 1 nitrogen and oxygen atoms in total. The summed E-state index contributed by atoms with van der Waals surface area (Å²) in [5.41, 5.74) is 0. The quantitative estimate of drug-likeness (QED) is 0.239. The minimum Gasteiger partial charge on any atom is -0.309 e. The minimum absolute atomic E-state index is 0. The number of rotatable bonds is 17. The molecule has 0 saturated carbocycles. The van der Waals surface area contributed by atoms with Gasteiger partial charge in [-0.2, -0.15) is 0 Å². The number of hydrogen-bond donors (Lipinski definition) is 0. The molecule has 0 fully saturated rings. The maximum Gasteiger partial charge on any atom is -0.00248 e. The summed E-state index contributed by atoms with van der Waals surface area (Å²) in [5.74, 6) is 0. The summed E-state index contributed by atoms with van der Waals surface area (Å²) in [7, 11) is 4.34. The molecule has 0 aromatic rings. The Bertz CT molecular complexity index is 183. The highest BCUT2D eigenvalue weighted by molar-refractivity contribution is 8.93. The molecule has 2 heteroatoms. The van der Waals surface area contributed by atoms with Crippen LogP contribution >= 0.6 is 17.0 Å². The van der Waals surface area contributed by atoms with Gasteiger partial charge in [0.2, 0.25) is 0 Å². The number of nitrogens with zero attached hydrogens (tertiary/aromatic N) is 1. The minimum atomic E-state index is 0. The second-order valence-electron chi connectivity index (χ2n) is 7.11. The fourth-order valence-electron chi connectivity index (χ4n) is 2.98. The van der Waals surface area contributed by atoms with Gasteiger partial charge in [0.1, 0.15) is 0 Å². The van der Waals surface area contributed by atoms with Crippen molar-refractivity contribution in [1.82, 2.24) is 4.90 Å². The van der Waals surface area contributed by atoms with Crippen LogP contribution in [0.3, 0.4) is 0 Å². The first kappa shape index (κ1) is 24.7. The van der Waals surface area contributed by atoms with Gasteiger partial charge in [-0.15, -0.1) is 17.0 Å². The fraction of sp³-hybridized carbons (Fsp3) is 1.00. The molecule has 0 spiro atoms. The molecule has 0 amide bonds. The van der Waals surface area contributed by atoms with E-state index in [1.165, 1.54) is 109 Å². The summed E-state index contributed by atoms with van der Waals surface area (Å²) in [6.45, 7) is 3.56. The monoisotopic (exact) mass is 377 g/mol. The van der Waals surface area contributed by atoms with Crippen LogP contribution in [0.5, 0.6) is 0 Å². The predicted molar refractivity (Wildman–Crippen MR) is 108 cm³/mol. The van der Waals surface area contributed by atoms with E-state index in [0.29, 0.717) is 0 Å². The van der Waals surface area contributed by atoms with Gasteiger partial charge >= 0.3 is 0 Å². The van der Waals surface area contributed by atoms with Crippen molar-refractivity contribution in [3.05, 3.63) is 0 Å². The van der Waals surface area contributed by atoms with Crippen molar-refractivity contribution < 1.29 is 0 Å². The van der Waals surface area contributed by atoms with Crippen molar-refractivity contribution >= 4 is 17.0 Å². The van der Waals surface area contributed by atoms with Crippen molar-refractivity contribution in [2.24, 2.45) is 0 Å². The summed E-state index contributed by atoms with van der Waals surface area (Å²) < 4.78 is 0. The molecule has 0 aliphatic heterocycles. The standard InChI is InChI=1S/C20H43N.BrH/c1-4-5-6-7-8-9-10-11-12-13-14-15-16-17-18-19-20-21(2)3;/h4-20H2,1-3H3;1H. The Morgan fingerprint density at radius 1 is 0.455 bits per heavy atom. The lowest BCUT2D eigenvalue weighted by Gasteiger charge is -2.08. The smallest absolute Gasteiger partial charge is 0.00248 e. The van der Waals surface area contributed by atoms with Crippen LogP contribution in [-0.4, -0.2) is 25.5 Å². The molecule has 0 N–H and O–H groups in total. The van der Waals surface area contributed by atoms with Crippen LogP contribution in [0.2, 0.25) is 0 Å². The van der Waals surface area contributed by atoms with Gasteiger partial charge in [-0.25, -0.2) is 0 Å². The van der Waals surface area contributed by atoms with E-state index in [4.69, 9.17) is 0 Å². The summed E-state index contributed by atoms with van der Waals surface area (Å²) in [5, 5.41) is 0. The van der Waals surface area contributed by atoms with Gasteiger partial charge in [0.05, 0.1) is 0 Å². The van der Waals surface area contributed by atoms with E-state index in [1.807, 2.05) is 0 Å². The van der Waals surface area contributed by atoms with Gasteiger partial charge < -0.3 is 4.90 Å².